The lowest BCUT2D eigenvalue weighted by Gasteiger charge is -2.19. The molecule has 0 nitrogen and oxygen atoms in total. The van der Waals surface area contributed by atoms with Gasteiger partial charge in [-0.25, -0.2) is 0 Å². The van der Waals surface area contributed by atoms with Crippen molar-refractivity contribution in [3.8, 4) is 66.8 Å². The second-order valence-electron chi connectivity index (χ2n) is 17.1. The lowest BCUT2D eigenvalue weighted by atomic mass is 9.84. The van der Waals surface area contributed by atoms with Crippen molar-refractivity contribution in [3.63, 3.8) is 0 Å². The number of fused-ring (bicyclic) bond motifs is 4. The monoisotopic (exact) mass is 836 g/mol. The maximum Gasteiger partial charge on any atom is -0.00262 e. The van der Waals surface area contributed by atoms with Crippen molar-refractivity contribution in [1.29, 1.82) is 0 Å². The molecule has 0 aliphatic rings. The Kier molecular flexibility index (Phi) is 9.97. The molecule has 0 fully saturated rings. The highest BCUT2D eigenvalue weighted by molar-refractivity contribution is 6.23. The summed E-state index contributed by atoms with van der Waals surface area (Å²) in [5.41, 5.74) is 17.1. The Morgan fingerprint density at radius 3 is 0.970 bits per heavy atom. The van der Waals surface area contributed by atoms with E-state index in [1.54, 1.807) is 0 Å². The molecule has 0 bridgehead atoms. The van der Waals surface area contributed by atoms with Gasteiger partial charge in [-0.15, -0.1) is 0 Å². The second-order valence-corrected chi connectivity index (χ2v) is 17.1. The lowest BCUT2D eigenvalue weighted by molar-refractivity contribution is 1.59. The van der Waals surface area contributed by atoms with E-state index in [2.05, 4.69) is 267 Å². The molecule has 0 radical (unpaired) electrons. The van der Waals surface area contributed by atoms with Crippen LogP contribution in [0.15, 0.2) is 255 Å². The van der Waals surface area contributed by atoms with Crippen LogP contribution in [0.1, 0.15) is 11.1 Å². The van der Waals surface area contributed by atoms with Crippen molar-refractivity contribution in [3.05, 3.63) is 266 Å². The molecule has 12 aromatic rings. The van der Waals surface area contributed by atoms with Gasteiger partial charge in [0, 0.05) is 0 Å². The van der Waals surface area contributed by atoms with E-state index in [4.69, 9.17) is 0 Å². The van der Waals surface area contributed by atoms with E-state index in [1.165, 1.54) is 115 Å². The minimum atomic E-state index is 1.16. The molecular formula is C66H44. The molecule has 66 heavy (non-hydrogen) atoms. The van der Waals surface area contributed by atoms with Crippen LogP contribution >= 0.6 is 0 Å². The van der Waals surface area contributed by atoms with Crippen LogP contribution in [0, 0.1) is 0 Å². The predicted octanol–water partition coefficient (Wildman–Crippen LogP) is 18.5. The molecule has 0 spiro atoms. The van der Waals surface area contributed by atoms with Gasteiger partial charge in [0.25, 0.3) is 0 Å². The zero-order valence-corrected chi connectivity index (χ0v) is 36.4. The van der Waals surface area contributed by atoms with Gasteiger partial charge in [-0.05, 0) is 127 Å². The summed E-state index contributed by atoms with van der Waals surface area (Å²) in [5.74, 6) is 0. The highest BCUT2D eigenvalue weighted by Crippen LogP contribution is 2.46. The van der Waals surface area contributed by atoms with Gasteiger partial charge in [-0.3, -0.25) is 0 Å². The van der Waals surface area contributed by atoms with Crippen LogP contribution in [0.25, 0.3) is 122 Å². The fourth-order valence-corrected chi connectivity index (χ4v) is 10.2. The molecular weight excluding hydrogens is 793 g/mol. The summed E-state index contributed by atoms with van der Waals surface area (Å²) >= 11 is 0. The number of hydrogen-bond acceptors (Lipinski definition) is 0. The summed E-state index contributed by atoms with van der Waals surface area (Å²) in [5, 5.41) is 10.1. The van der Waals surface area contributed by atoms with Gasteiger partial charge in [0.15, 0.2) is 0 Å². The normalized spacial score (nSPS) is 11.6. The average Bonchev–Trinajstić information content (AvgIpc) is 3.39. The molecule has 0 heteroatoms. The smallest absolute Gasteiger partial charge is 0.00262 e. The second kappa shape index (κ2) is 16.8. The van der Waals surface area contributed by atoms with Crippen LogP contribution in [0.5, 0.6) is 0 Å². The van der Waals surface area contributed by atoms with Crippen LogP contribution in [0.3, 0.4) is 0 Å². The van der Waals surface area contributed by atoms with E-state index in [1.807, 2.05) is 0 Å². The summed E-state index contributed by atoms with van der Waals surface area (Å²) in [6.07, 6.45) is 4.49. The highest BCUT2D eigenvalue weighted by atomic mass is 14.2. The maximum atomic E-state index is 2.41. The fraction of sp³-hybridized carbons (Fsp3) is 0. The van der Waals surface area contributed by atoms with Crippen LogP contribution < -0.4 is 0 Å². The molecule has 0 aromatic heterocycles. The van der Waals surface area contributed by atoms with Gasteiger partial charge >= 0.3 is 0 Å². The van der Waals surface area contributed by atoms with Crippen molar-refractivity contribution >= 4 is 55.2 Å². The zero-order valence-electron chi connectivity index (χ0n) is 36.4. The summed E-state index contributed by atoms with van der Waals surface area (Å²) in [7, 11) is 0. The lowest BCUT2D eigenvalue weighted by Crippen LogP contribution is -1.92. The molecule has 0 saturated heterocycles. The van der Waals surface area contributed by atoms with Crippen molar-refractivity contribution < 1.29 is 0 Å². The van der Waals surface area contributed by atoms with E-state index >= 15 is 0 Å². The number of benzene rings is 12. The first-order chi connectivity index (χ1) is 32.8. The Balaban J connectivity index is 0.875. The Morgan fingerprint density at radius 2 is 0.515 bits per heavy atom. The molecule has 0 heterocycles. The highest BCUT2D eigenvalue weighted by Gasteiger charge is 2.19. The molecule has 0 N–H and O–H groups in total. The van der Waals surface area contributed by atoms with Crippen LogP contribution in [0.4, 0.5) is 0 Å². The first kappa shape index (κ1) is 39.0. The maximum absolute atomic E-state index is 2.41. The SMILES string of the molecule is C(=Cc1ccccc1-c1ccc2c(-c3ccccc3)c3ccccc3c(-c3ccccc3)c2c1)c1ccc(-c2ccc(-c3c4ccccc4c(-c4ccccc4)c4ccccc34)cc2)cc1. The third-order valence-electron chi connectivity index (χ3n) is 13.3. The topological polar surface area (TPSA) is 0 Å². The average molecular weight is 837 g/mol. The van der Waals surface area contributed by atoms with Gasteiger partial charge in [-0.2, -0.15) is 0 Å². The van der Waals surface area contributed by atoms with Crippen molar-refractivity contribution in [2.75, 3.05) is 0 Å². The van der Waals surface area contributed by atoms with Crippen molar-refractivity contribution in [1.82, 2.24) is 0 Å². The Labute approximate surface area is 386 Å². The summed E-state index contributed by atoms with van der Waals surface area (Å²) < 4.78 is 0. The van der Waals surface area contributed by atoms with Gasteiger partial charge in [0.1, 0.15) is 0 Å². The Hall–Kier alpha value is -8.58. The Bertz CT molecular complexity index is 3690. The fourth-order valence-electron chi connectivity index (χ4n) is 10.2. The van der Waals surface area contributed by atoms with Crippen molar-refractivity contribution in [2.24, 2.45) is 0 Å². The standard InChI is InChI=1S/C66H44/c1-4-19-49(20-5-1)63-55-26-12-14-28-57(55)65(58-29-15-13-27-56(58)63)52-40-38-47(39-41-52)46-35-32-45(33-36-46)34-37-48-18-10-11-25-54(48)53-42-43-61-62(44-53)66(51-23-8-3-9-24-51)60-31-17-16-30-59(60)64(61)50-21-6-2-7-22-50/h1-44H. The van der Waals surface area contributed by atoms with Gasteiger partial charge < -0.3 is 0 Å². The zero-order chi connectivity index (χ0) is 43.8. The van der Waals surface area contributed by atoms with E-state index in [9.17, 15) is 0 Å². The summed E-state index contributed by atoms with van der Waals surface area (Å²) in [4.78, 5) is 0. The minimum Gasteiger partial charge on any atom is -0.0622 e. The molecule has 0 aliphatic carbocycles. The van der Waals surface area contributed by atoms with E-state index in [0.29, 0.717) is 0 Å². The minimum absolute atomic E-state index is 1.16. The van der Waals surface area contributed by atoms with E-state index in [-0.39, 0.29) is 0 Å². The Morgan fingerprint density at radius 1 is 0.197 bits per heavy atom. The third kappa shape index (κ3) is 6.97. The number of hydrogen-bond donors (Lipinski definition) is 0. The molecule has 12 rings (SSSR count). The summed E-state index contributed by atoms with van der Waals surface area (Å²) in [6, 6.07) is 92.9. The molecule has 0 saturated carbocycles. The predicted molar refractivity (Wildman–Crippen MR) is 284 cm³/mol. The van der Waals surface area contributed by atoms with Crippen LogP contribution in [-0.2, 0) is 0 Å². The molecule has 0 unspecified atom stereocenters. The molecule has 308 valence electrons. The van der Waals surface area contributed by atoms with Gasteiger partial charge in [-0.1, -0.05) is 261 Å². The first-order valence-corrected chi connectivity index (χ1v) is 22.8. The quantitative estimate of drug-likeness (QED) is 0.106. The largest absolute Gasteiger partial charge is 0.0622 e. The van der Waals surface area contributed by atoms with Crippen LogP contribution in [-0.4, -0.2) is 0 Å². The molecule has 12 aromatic carbocycles. The molecule has 0 atom stereocenters. The third-order valence-corrected chi connectivity index (χ3v) is 13.3. The molecule has 0 aliphatic heterocycles. The van der Waals surface area contributed by atoms with Crippen LogP contribution in [0.2, 0.25) is 0 Å². The van der Waals surface area contributed by atoms with Gasteiger partial charge in [0.2, 0.25) is 0 Å². The molecule has 0 amide bonds. The van der Waals surface area contributed by atoms with E-state index < -0.39 is 0 Å². The van der Waals surface area contributed by atoms with Crippen molar-refractivity contribution in [2.45, 2.75) is 0 Å². The van der Waals surface area contributed by atoms with E-state index in [0.717, 1.165) is 5.56 Å². The van der Waals surface area contributed by atoms with Gasteiger partial charge in [0.05, 0.1) is 0 Å². The summed E-state index contributed by atoms with van der Waals surface area (Å²) in [6.45, 7) is 0. The number of rotatable bonds is 8. The first-order valence-electron chi connectivity index (χ1n) is 22.8.